The van der Waals surface area contributed by atoms with Gasteiger partial charge in [-0.15, -0.1) is 23.2 Å². The molecule has 2 bridgehead atoms. The topological polar surface area (TPSA) is 12.5 Å². The Morgan fingerprint density at radius 1 is 0.895 bits per heavy atom. The lowest BCUT2D eigenvalue weighted by molar-refractivity contribution is 0.173. The molecule has 4 aliphatic rings. The minimum absolute atomic E-state index is 0.119. The molecule has 3 aliphatic carbocycles. The predicted octanol–water partition coefficient (Wildman–Crippen LogP) is 5.37. The lowest BCUT2D eigenvalue weighted by atomic mass is 9.83. The van der Waals surface area contributed by atoms with Gasteiger partial charge in [0.1, 0.15) is 9.75 Å². The van der Waals surface area contributed by atoms with Crippen LogP contribution in [-0.4, -0.2) is 24.2 Å². The van der Waals surface area contributed by atoms with Crippen molar-refractivity contribution in [2.24, 2.45) is 11.8 Å². The summed E-state index contributed by atoms with van der Waals surface area (Å²) in [6, 6.07) is 0. The van der Waals surface area contributed by atoms with E-state index in [0.29, 0.717) is 6.42 Å². The number of epoxide rings is 1. The number of alkyl halides is 6. The Bertz CT molecular complexity index is 562. The molecule has 2 saturated carbocycles. The second-order valence-corrected chi connectivity index (χ2v) is 9.84. The van der Waals surface area contributed by atoms with Crippen LogP contribution in [-0.2, 0) is 4.74 Å². The molecule has 1 aliphatic heterocycles. The van der Waals surface area contributed by atoms with Crippen LogP contribution in [0.1, 0.15) is 6.42 Å². The van der Waals surface area contributed by atoms with E-state index in [9.17, 15) is 0 Å². The summed E-state index contributed by atoms with van der Waals surface area (Å²) in [6.07, 6.45) is 0.363. The van der Waals surface area contributed by atoms with Crippen LogP contribution in [0.5, 0.6) is 0 Å². The van der Waals surface area contributed by atoms with Crippen molar-refractivity contribution in [1.29, 1.82) is 0 Å². The number of halogens is 8. The molecule has 3 fully saturated rings. The number of hydrogen-bond donors (Lipinski definition) is 0. The third kappa shape index (κ3) is 1.12. The molecule has 0 aromatic rings. The van der Waals surface area contributed by atoms with Crippen molar-refractivity contribution in [3.8, 4) is 0 Å². The molecule has 4 rings (SSSR count). The zero-order valence-corrected chi connectivity index (χ0v) is 14.8. The Morgan fingerprint density at radius 2 is 1.42 bits per heavy atom. The summed E-state index contributed by atoms with van der Waals surface area (Å²) in [4.78, 5) is -2.71. The maximum atomic E-state index is 6.65. The summed E-state index contributed by atoms with van der Waals surface area (Å²) in [5.74, 6) is -0.816. The van der Waals surface area contributed by atoms with Gasteiger partial charge in [0.25, 0.3) is 0 Å². The van der Waals surface area contributed by atoms with Crippen LogP contribution in [0, 0.1) is 11.8 Å². The van der Waals surface area contributed by atoms with Gasteiger partial charge in [0.15, 0.2) is 14.5 Å². The molecule has 0 N–H and O–H groups in total. The molecule has 106 valence electrons. The zero-order chi connectivity index (χ0) is 14.2. The molecule has 19 heavy (non-hydrogen) atoms. The molecule has 0 spiro atoms. The Kier molecular flexibility index (Phi) is 2.63. The quantitative estimate of drug-likeness (QED) is 0.377. The lowest BCUT2D eigenvalue weighted by Crippen LogP contribution is -2.47. The fourth-order valence-corrected chi connectivity index (χ4v) is 7.93. The van der Waals surface area contributed by atoms with Gasteiger partial charge in [-0.05, 0) is 5.92 Å². The molecule has 1 nitrogen and oxygen atoms in total. The first-order chi connectivity index (χ1) is 8.48. The van der Waals surface area contributed by atoms with Crippen LogP contribution in [0.3, 0.4) is 0 Å². The summed E-state index contributed by atoms with van der Waals surface area (Å²) >= 11 is 51.3. The van der Waals surface area contributed by atoms with Gasteiger partial charge in [-0.2, -0.15) is 0 Å². The summed E-state index contributed by atoms with van der Waals surface area (Å²) in [7, 11) is 0. The van der Waals surface area contributed by atoms with Gasteiger partial charge in [-0.1, -0.05) is 69.6 Å². The van der Waals surface area contributed by atoms with Gasteiger partial charge in [-0.25, -0.2) is 0 Å². The van der Waals surface area contributed by atoms with Crippen LogP contribution in [0.2, 0.25) is 0 Å². The maximum absolute atomic E-state index is 6.65. The van der Waals surface area contributed by atoms with Crippen LogP contribution in [0.15, 0.2) is 10.1 Å². The third-order valence-corrected chi connectivity index (χ3v) is 10.3. The standard InChI is InChI=1S/C10H4Cl8O/c11-4-5(12)8(15)3-2(7(4,14)10(8,17)18)1-6(13)9(3,16)19-6/h2-3H,1H2. The van der Waals surface area contributed by atoms with Crippen molar-refractivity contribution < 1.29 is 4.74 Å². The van der Waals surface area contributed by atoms with E-state index in [-0.39, 0.29) is 16.0 Å². The van der Waals surface area contributed by atoms with Gasteiger partial charge >= 0.3 is 0 Å². The number of ether oxygens (including phenoxy) is 1. The highest BCUT2D eigenvalue weighted by Gasteiger charge is 2.95. The number of fused-ring (bicyclic) bond motifs is 7. The normalized spacial score (nSPS) is 64.4. The smallest absolute Gasteiger partial charge is 0.192 e. The first-order valence-electron chi connectivity index (χ1n) is 5.38. The Balaban J connectivity index is 2.01. The van der Waals surface area contributed by atoms with E-state index in [1.54, 1.807) is 0 Å². The molecule has 0 amide bonds. The van der Waals surface area contributed by atoms with Crippen LogP contribution in [0.25, 0.3) is 0 Å². The third-order valence-electron chi connectivity index (χ3n) is 4.75. The Hall–Kier alpha value is 2.02. The summed E-state index contributed by atoms with van der Waals surface area (Å²) < 4.78 is 3.84. The predicted molar refractivity (Wildman–Crippen MR) is 80.2 cm³/mol. The molecule has 1 heterocycles. The van der Waals surface area contributed by atoms with Crippen molar-refractivity contribution in [2.45, 2.75) is 30.6 Å². The Labute approximate surface area is 149 Å². The first-order valence-corrected chi connectivity index (χ1v) is 8.40. The first kappa shape index (κ1) is 14.6. The van der Waals surface area contributed by atoms with E-state index >= 15 is 0 Å². The van der Waals surface area contributed by atoms with Crippen LogP contribution in [0.4, 0.5) is 0 Å². The van der Waals surface area contributed by atoms with Gasteiger partial charge in [-0.3, -0.25) is 0 Å². The van der Waals surface area contributed by atoms with E-state index in [4.69, 9.17) is 97.5 Å². The van der Waals surface area contributed by atoms with Crippen molar-refractivity contribution >= 4 is 92.8 Å². The second kappa shape index (κ2) is 3.42. The van der Waals surface area contributed by atoms with Gasteiger partial charge in [0.2, 0.25) is 0 Å². The number of allylic oxidation sites excluding steroid dienone is 2. The minimum Gasteiger partial charge on any atom is -0.329 e. The average molecular weight is 424 g/mol. The molecule has 6 unspecified atom stereocenters. The molecule has 6 atom stereocenters. The number of rotatable bonds is 0. The van der Waals surface area contributed by atoms with Crippen molar-refractivity contribution in [3.05, 3.63) is 10.1 Å². The average Bonchev–Trinajstić information content (AvgIpc) is 2.67. The van der Waals surface area contributed by atoms with E-state index in [1.807, 2.05) is 0 Å². The lowest BCUT2D eigenvalue weighted by Gasteiger charge is -2.34. The fraction of sp³-hybridized carbons (Fsp3) is 0.800. The molecule has 0 aromatic carbocycles. The summed E-state index contributed by atoms with van der Waals surface area (Å²) in [6.45, 7) is 0. The van der Waals surface area contributed by atoms with Gasteiger partial charge in [0, 0.05) is 12.3 Å². The molecular weight excluding hydrogens is 420 g/mol. The molecule has 1 saturated heterocycles. The molecule has 9 heteroatoms. The van der Waals surface area contributed by atoms with Crippen LogP contribution < -0.4 is 0 Å². The highest BCUT2D eigenvalue weighted by molar-refractivity contribution is 6.66. The van der Waals surface area contributed by atoms with Crippen molar-refractivity contribution in [1.82, 2.24) is 0 Å². The molecule has 0 aromatic heterocycles. The molecule has 0 radical (unpaired) electrons. The number of hydrogen-bond acceptors (Lipinski definition) is 1. The highest BCUT2D eigenvalue weighted by atomic mass is 35.5. The SMILES string of the molecule is ClC1=C(Cl)C2(Cl)C3C(CC4(Cl)OC34Cl)C1(Cl)C2(Cl)Cl. The van der Waals surface area contributed by atoms with E-state index in [2.05, 4.69) is 0 Å². The maximum Gasteiger partial charge on any atom is 0.192 e. The largest absolute Gasteiger partial charge is 0.329 e. The zero-order valence-electron chi connectivity index (χ0n) is 8.79. The summed E-state index contributed by atoms with van der Waals surface area (Å²) in [5.41, 5.74) is 0. The van der Waals surface area contributed by atoms with E-state index < -0.39 is 30.1 Å². The Morgan fingerprint density at radius 3 is 2.00 bits per heavy atom. The van der Waals surface area contributed by atoms with Gasteiger partial charge < -0.3 is 4.74 Å². The van der Waals surface area contributed by atoms with E-state index in [0.717, 1.165) is 0 Å². The monoisotopic (exact) mass is 420 g/mol. The fourth-order valence-electron chi connectivity index (χ4n) is 3.84. The summed E-state index contributed by atoms with van der Waals surface area (Å²) in [5, 5.41) is -1.88. The minimum atomic E-state index is -1.58. The molecular formula is C10H4Cl8O. The second-order valence-electron chi connectivity index (χ2n) is 5.39. The highest BCUT2D eigenvalue weighted by Crippen LogP contribution is 2.86. The van der Waals surface area contributed by atoms with Crippen LogP contribution >= 0.6 is 92.8 Å². The van der Waals surface area contributed by atoms with Gasteiger partial charge in [0.05, 0.1) is 10.1 Å². The van der Waals surface area contributed by atoms with Crippen molar-refractivity contribution in [2.75, 3.05) is 0 Å². The van der Waals surface area contributed by atoms with E-state index in [1.165, 1.54) is 0 Å². The van der Waals surface area contributed by atoms with Crippen molar-refractivity contribution in [3.63, 3.8) is 0 Å².